The van der Waals surface area contributed by atoms with Crippen LogP contribution < -0.4 is 9.59 Å². The Morgan fingerprint density at radius 1 is 0.769 bits per heavy atom. The van der Waals surface area contributed by atoms with Crippen LogP contribution in [0, 0.1) is 0 Å². The molecule has 0 radical (unpaired) electrons. The molecule has 9 nitrogen and oxygen atoms in total. The van der Waals surface area contributed by atoms with Crippen LogP contribution in [0.1, 0.15) is 0 Å². The quantitative estimate of drug-likeness (QED) is 0.433. The topological polar surface area (TPSA) is 209 Å². The van der Waals surface area contributed by atoms with Crippen LogP contribution in [0.3, 0.4) is 0 Å². The van der Waals surface area contributed by atoms with E-state index in [4.69, 9.17) is 0 Å². The molecule has 0 saturated heterocycles. The molecule has 0 aliphatic carbocycles. The molecule has 0 aromatic rings. The van der Waals surface area contributed by atoms with Gasteiger partial charge in [-0.25, -0.2) is 0 Å². The fraction of sp³-hybridized carbons (Fsp3) is 0. The van der Waals surface area contributed by atoms with Crippen molar-refractivity contribution in [1.82, 2.24) is 0 Å². The van der Waals surface area contributed by atoms with Crippen LogP contribution in [-0.2, 0) is 13.0 Å². The smallest absolute Gasteiger partial charge is 0.870 e. The van der Waals surface area contributed by atoms with Crippen LogP contribution in [-0.4, -0.2) is 75.0 Å². The molecule has 0 aromatic heterocycles. The molecule has 0 bridgehead atoms. The zero-order valence-electron chi connectivity index (χ0n) is 5.98. The summed E-state index contributed by atoms with van der Waals surface area (Å²) in [4.78, 5) is 18.6. The van der Waals surface area contributed by atoms with Crippen molar-refractivity contribution >= 4 is 53.1 Å². The van der Waals surface area contributed by atoms with E-state index < -0.39 is 18.3 Å². The summed E-state index contributed by atoms with van der Waals surface area (Å²) in [6.07, 6.45) is 0. The van der Waals surface area contributed by atoms with Gasteiger partial charge in [-0.3, -0.25) is 0 Å². The Morgan fingerprint density at radius 2 is 0.923 bits per heavy atom. The first-order valence-corrected chi connectivity index (χ1v) is 3.67. The van der Waals surface area contributed by atoms with E-state index in [1.165, 1.54) is 0 Å². The van der Waals surface area contributed by atoms with Crippen LogP contribution in [0.25, 0.3) is 0 Å². The van der Waals surface area contributed by atoms with Crippen LogP contribution in [0.4, 0.5) is 0 Å². The number of hydrogen-bond acceptors (Lipinski definition) is 9. The van der Waals surface area contributed by atoms with E-state index in [9.17, 15) is 18.5 Å². The molecule has 0 unspecified atom stereocenters. The fourth-order valence-corrected chi connectivity index (χ4v) is 0.612. The minimum absolute atomic E-state index is 0. The maximum Gasteiger partial charge on any atom is 3.00 e. The van der Waals surface area contributed by atoms with E-state index >= 15 is 0 Å². The van der Waals surface area contributed by atoms with Gasteiger partial charge in [0.25, 0.3) is 0 Å². The summed E-state index contributed by atoms with van der Waals surface area (Å²) in [5.41, 5.74) is 0. The van der Waals surface area contributed by atoms with Gasteiger partial charge in [-0.2, -0.15) is 0 Å². The molecule has 0 aliphatic rings. The molecule has 13 heavy (non-hydrogen) atoms. The van der Waals surface area contributed by atoms with Gasteiger partial charge >= 0.3 is 53.1 Å². The third kappa shape index (κ3) is 70.1. The first-order valence-electron chi connectivity index (χ1n) is 1.22. The predicted octanol–water partition coefficient (Wildman–Crippen LogP) is -4.91. The van der Waals surface area contributed by atoms with Crippen molar-refractivity contribution in [2.75, 3.05) is 0 Å². The minimum atomic E-state index is -3.51. The van der Waals surface area contributed by atoms with Crippen LogP contribution >= 0.6 is 0 Å². The first-order chi connectivity index (χ1) is 3.13. The molecule has 0 spiro atoms. The number of rotatable bonds is 2. The summed E-state index contributed by atoms with van der Waals surface area (Å²) in [5.74, 6) is 0. The summed E-state index contributed by atoms with van der Waals surface area (Å²) in [6.45, 7) is 0. The van der Waals surface area contributed by atoms with E-state index in [-0.39, 0.29) is 56.6 Å². The van der Waals surface area contributed by atoms with Gasteiger partial charge in [0.2, 0.25) is 0 Å². The zero-order chi connectivity index (χ0) is 5.86. The average molecular weight is 258 g/mol. The normalized spacial score (nSPS) is 4.00. The van der Waals surface area contributed by atoms with Crippen LogP contribution in [0.2, 0.25) is 0 Å². The molecule has 0 aromatic carbocycles. The molecule has 0 amide bonds. The molecule has 0 aliphatic heterocycles. The van der Waals surface area contributed by atoms with Crippen molar-refractivity contribution in [1.29, 1.82) is 0 Å². The van der Waals surface area contributed by atoms with Crippen molar-refractivity contribution in [2.24, 2.45) is 0 Å². The van der Waals surface area contributed by atoms with Gasteiger partial charge in [0, 0.05) is 0 Å². The van der Waals surface area contributed by atoms with Crippen LogP contribution in [0.15, 0.2) is 0 Å². The van der Waals surface area contributed by atoms with Gasteiger partial charge in [0.05, 0.1) is 0 Å². The summed E-state index contributed by atoms with van der Waals surface area (Å²) in [6, 6.07) is 0. The Bertz CT molecular complexity index is 91.8. The summed E-state index contributed by atoms with van der Waals surface area (Å²) in [5, 5.41) is 0. The van der Waals surface area contributed by atoms with Gasteiger partial charge in [-0.15, -0.1) is 0 Å². The molecule has 0 atom stereocenters. The summed E-state index contributed by atoms with van der Waals surface area (Å²) in [7, 11) is -7.03. The third-order valence-corrected chi connectivity index (χ3v) is 1.50. The van der Waals surface area contributed by atoms with Crippen molar-refractivity contribution in [2.45, 2.75) is 0 Å². The molecule has 0 saturated carbocycles. The van der Waals surface area contributed by atoms with Crippen molar-refractivity contribution in [3.8, 4) is 0 Å². The summed E-state index contributed by atoms with van der Waals surface area (Å²) < 4.78 is 21.8. The molecule has 0 rings (SSSR count). The molecular formula is H4Al2O9Si2. The van der Waals surface area contributed by atoms with Gasteiger partial charge in [-0.1, -0.05) is 0 Å². The zero-order valence-corrected chi connectivity index (χ0v) is 10.3. The van der Waals surface area contributed by atoms with E-state index in [1.54, 1.807) is 0 Å². The van der Waals surface area contributed by atoms with E-state index in [1.807, 2.05) is 0 Å². The Kier molecular flexibility index (Phi) is 115. The van der Waals surface area contributed by atoms with Crippen molar-refractivity contribution < 1.29 is 44.5 Å². The Balaban J connectivity index is -0.0000000120. The molecule has 0 fully saturated rings. The van der Waals surface area contributed by atoms with Gasteiger partial charge in [0.1, 0.15) is 0 Å². The molecule has 13 heteroatoms. The minimum Gasteiger partial charge on any atom is -0.870 e. The third-order valence-electron chi connectivity index (χ3n) is 0.167. The van der Waals surface area contributed by atoms with E-state index in [2.05, 4.69) is 4.12 Å². The second-order valence-electron chi connectivity index (χ2n) is 0.602. The first kappa shape index (κ1) is 50.5. The average Bonchev–Trinajstić information content (AvgIpc) is 1.27. The predicted molar refractivity (Wildman–Crippen MR) is 33.2 cm³/mol. The Morgan fingerprint density at radius 3 is 0.923 bits per heavy atom. The fourth-order valence-electron chi connectivity index (χ4n) is 0.0680. The van der Waals surface area contributed by atoms with Crippen LogP contribution in [0.5, 0.6) is 0 Å². The number of hydrogen-bond donors (Lipinski definition) is 0. The Labute approximate surface area is 97.6 Å². The second-order valence-corrected chi connectivity index (χ2v) is 2.42. The Hall–Kier alpha value is 0.339. The SMILES string of the molecule is O=[Si]([O-])O[Si](=O)[O-].[Al+3].[Al+3].[OH-].[OH-].[OH-].[OH-]. The summed E-state index contributed by atoms with van der Waals surface area (Å²) >= 11 is 0. The standard InChI is InChI=1S/2Al.O5Si2.4H2O/c;;1-6(2)5-7(3)4;;;;/h;;;4*1H2/q2*+3;-2;;;;/p-4. The molecule has 4 N–H and O–H groups in total. The maximum absolute atomic E-state index is 9.29. The second kappa shape index (κ2) is 29.5. The monoisotopic (exact) mass is 258 g/mol. The van der Waals surface area contributed by atoms with E-state index in [0.29, 0.717) is 0 Å². The van der Waals surface area contributed by atoms with Crippen molar-refractivity contribution in [3.05, 3.63) is 0 Å². The van der Waals surface area contributed by atoms with Gasteiger partial charge in [0.15, 0.2) is 0 Å². The van der Waals surface area contributed by atoms with Crippen molar-refractivity contribution in [3.63, 3.8) is 0 Å². The van der Waals surface area contributed by atoms with Gasteiger partial charge < -0.3 is 44.5 Å². The molecule has 0 heterocycles. The maximum atomic E-state index is 9.29. The molecular weight excluding hydrogens is 254 g/mol. The van der Waals surface area contributed by atoms with Gasteiger partial charge in [-0.05, 0) is 0 Å². The van der Waals surface area contributed by atoms with E-state index in [0.717, 1.165) is 0 Å². The largest absolute Gasteiger partial charge is 3.00 e. The molecule has 72 valence electrons.